The van der Waals surface area contributed by atoms with E-state index in [-0.39, 0.29) is 5.91 Å². The lowest BCUT2D eigenvalue weighted by molar-refractivity contribution is 0.0953. The molecule has 1 aromatic heterocycles. The third kappa shape index (κ3) is 5.03. The van der Waals surface area contributed by atoms with Gasteiger partial charge in [-0.05, 0) is 24.5 Å². The molecule has 3 N–H and O–H groups in total. The molecule has 5 heteroatoms. The van der Waals surface area contributed by atoms with Gasteiger partial charge < -0.3 is 16.0 Å². The first kappa shape index (κ1) is 15.7. The molecular weight excluding hydrogens is 258 g/mol. The Kier molecular flexibility index (Phi) is 7.19. The number of nitrogens with one attached hydrogen (secondary N) is 1. The summed E-state index contributed by atoms with van der Waals surface area (Å²) in [4.78, 5) is 15.0. The predicted molar refractivity (Wildman–Crippen MR) is 80.4 cm³/mol. The fourth-order valence-electron chi connectivity index (χ4n) is 1.68. The molecule has 1 amide bonds. The van der Waals surface area contributed by atoms with Crippen molar-refractivity contribution in [3.05, 3.63) is 21.9 Å². The molecule has 19 heavy (non-hydrogen) atoms. The third-order valence-corrected chi connectivity index (χ3v) is 3.72. The van der Waals surface area contributed by atoms with Crippen LogP contribution in [0.25, 0.3) is 0 Å². The number of hydrogen-bond acceptors (Lipinski definition) is 4. The molecule has 0 saturated carbocycles. The van der Waals surface area contributed by atoms with E-state index < -0.39 is 0 Å². The highest BCUT2D eigenvalue weighted by atomic mass is 32.1. The lowest BCUT2D eigenvalue weighted by Crippen LogP contribution is -2.34. The maximum atomic E-state index is 12.0. The summed E-state index contributed by atoms with van der Waals surface area (Å²) in [5, 5.41) is 4.81. The number of carbonyl (C=O) groups is 1. The van der Waals surface area contributed by atoms with Crippen LogP contribution in [0.3, 0.4) is 0 Å². The summed E-state index contributed by atoms with van der Waals surface area (Å²) in [5.41, 5.74) is 6.10. The summed E-state index contributed by atoms with van der Waals surface area (Å²) < 4.78 is 0. The number of nitrogens with two attached hydrogens (primary N) is 1. The van der Waals surface area contributed by atoms with E-state index in [1.807, 2.05) is 11.4 Å². The molecule has 1 heterocycles. The average molecular weight is 279 g/mol. The largest absolute Gasteiger partial charge is 0.350 e. The second-order valence-electron chi connectivity index (χ2n) is 3.95. The van der Waals surface area contributed by atoms with E-state index in [1.54, 1.807) is 0 Å². The summed E-state index contributed by atoms with van der Waals surface area (Å²) in [5.74, 6) is 5.64. The van der Waals surface area contributed by atoms with Crippen LogP contribution in [0.1, 0.15) is 29.1 Å². The molecule has 0 aliphatic carbocycles. The van der Waals surface area contributed by atoms with Crippen molar-refractivity contribution >= 4 is 17.2 Å². The summed E-state index contributed by atoms with van der Waals surface area (Å²) in [6, 6.07) is 1.85. The van der Waals surface area contributed by atoms with Crippen LogP contribution < -0.4 is 11.1 Å². The van der Waals surface area contributed by atoms with Crippen LogP contribution in [0.2, 0.25) is 0 Å². The molecule has 104 valence electrons. The van der Waals surface area contributed by atoms with Crippen LogP contribution in [0, 0.1) is 11.8 Å². The van der Waals surface area contributed by atoms with Gasteiger partial charge in [-0.2, -0.15) is 0 Å². The number of thiophene rings is 1. The lowest BCUT2D eigenvalue weighted by Gasteiger charge is -2.17. The minimum atomic E-state index is -0.0523. The van der Waals surface area contributed by atoms with Gasteiger partial charge in [-0.25, -0.2) is 0 Å². The molecule has 1 aromatic rings. The van der Waals surface area contributed by atoms with E-state index in [2.05, 4.69) is 35.9 Å². The Bertz CT molecular complexity index is 455. The SMILES string of the molecule is CCN(CC)CCNC(=O)c1sccc1C#CCN. The van der Waals surface area contributed by atoms with Crippen LogP contribution in [0.5, 0.6) is 0 Å². The molecule has 0 radical (unpaired) electrons. The zero-order chi connectivity index (χ0) is 14.1. The van der Waals surface area contributed by atoms with Crippen LogP contribution >= 0.6 is 11.3 Å². The predicted octanol–water partition coefficient (Wildman–Crippen LogP) is 1.13. The van der Waals surface area contributed by atoms with Crippen LogP contribution in [-0.2, 0) is 0 Å². The highest BCUT2D eigenvalue weighted by Gasteiger charge is 2.11. The van der Waals surface area contributed by atoms with Crippen LogP contribution in [0.4, 0.5) is 0 Å². The van der Waals surface area contributed by atoms with E-state index in [1.165, 1.54) is 11.3 Å². The Labute approximate surface area is 119 Å². The maximum absolute atomic E-state index is 12.0. The van der Waals surface area contributed by atoms with E-state index in [9.17, 15) is 4.79 Å². The first-order valence-electron chi connectivity index (χ1n) is 6.49. The average Bonchev–Trinajstić information content (AvgIpc) is 2.89. The van der Waals surface area contributed by atoms with E-state index in [0.717, 1.165) is 25.2 Å². The summed E-state index contributed by atoms with van der Waals surface area (Å²) in [6.45, 7) is 8.06. The van der Waals surface area contributed by atoms with Crippen molar-refractivity contribution < 1.29 is 4.79 Å². The number of amides is 1. The number of nitrogens with zero attached hydrogens (tertiary/aromatic N) is 1. The Morgan fingerprint density at radius 1 is 1.47 bits per heavy atom. The Hall–Kier alpha value is -1.35. The molecule has 0 aromatic carbocycles. The summed E-state index contributed by atoms with van der Waals surface area (Å²) in [6.07, 6.45) is 0. The minimum Gasteiger partial charge on any atom is -0.350 e. The molecular formula is C14H21N3OS. The lowest BCUT2D eigenvalue weighted by atomic mass is 10.2. The van der Waals surface area contributed by atoms with E-state index in [0.29, 0.717) is 18.0 Å². The van der Waals surface area contributed by atoms with Gasteiger partial charge in [-0.15, -0.1) is 11.3 Å². The molecule has 0 bridgehead atoms. The van der Waals surface area contributed by atoms with Gasteiger partial charge in [0, 0.05) is 18.7 Å². The van der Waals surface area contributed by atoms with Gasteiger partial charge in [0.1, 0.15) is 4.88 Å². The standard InChI is InChI=1S/C14H21N3OS/c1-3-17(4-2)10-9-16-14(18)13-12(6-5-8-15)7-11-19-13/h7,11H,3-4,8-10,15H2,1-2H3,(H,16,18). The smallest absolute Gasteiger partial charge is 0.262 e. The Balaban J connectivity index is 2.52. The first-order chi connectivity index (χ1) is 9.22. The molecule has 0 aliphatic heterocycles. The third-order valence-electron chi connectivity index (χ3n) is 2.80. The molecule has 0 saturated heterocycles. The molecule has 0 aliphatic rings. The van der Waals surface area contributed by atoms with E-state index >= 15 is 0 Å². The zero-order valence-corrected chi connectivity index (χ0v) is 12.3. The van der Waals surface area contributed by atoms with Gasteiger partial charge >= 0.3 is 0 Å². The number of hydrogen-bond donors (Lipinski definition) is 2. The van der Waals surface area contributed by atoms with Crippen molar-refractivity contribution in [3.63, 3.8) is 0 Å². The minimum absolute atomic E-state index is 0.0523. The van der Waals surface area contributed by atoms with Crippen molar-refractivity contribution in [2.24, 2.45) is 5.73 Å². The zero-order valence-electron chi connectivity index (χ0n) is 11.5. The molecule has 0 fully saturated rings. The van der Waals surface area contributed by atoms with Crippen LogP contribution in [0.15, 0.2) is 11.4 Å². The fraction of sp³-hybridized carbons (Fsp3) is 0.500. The number of likely N-dealkylation sites (N-methyl/N-ethyl adjacent to an activating group) is 1. The summed E-state index contributed by atoms with van der Waals surface area (Å²) in [7, 11) is 0. The van der Waals surface area contributed by atoms with Gasteiger partial charge in [0.05, 0.1) is 6.54 Å². The molecule has 4 nitrogen and oxygen atoms in total. The maximum Gasteiger partial charge on any atom is 0.262 e. The Morgan fingerprint density at radius 2 is 2.21 bits per heavy atom. The van der Waals surface area contributed by atoms with Crippen molar-refractivity contribution in [2.75, 3.05) is 32.7 Å². The van der Waals surface area contributed by atoms with Crippen molar-refractivity contribution in [3.8, 4) is 11.8 Å². The van der Waals surface area contributed by atoms with Crippen LogP contribution in [-0.4, -0.2) is 43.5 Å². The highest BCUT2D eigenvalue weighted by molar-refractivity contribution is 7.12. The molecule has 0 spiro atoms. The molecule has 1 rings (SSSR count). The monoisotopic (exact) mass is 279 g/mol. The topological polar surface area (TPSA) is 58.4 Å². The van der Waals surface area contributed by atoms with Crippen molar-refractivity contribution in [2.45, 2.75) is 13.8 Å². The normalized spacial score (nSPS) is 10.1. The molecule has 0 atom stereocenters. The Morgan fingerprint density at radius 3 is 2.84 bits per heavy atom. The second kappa shape index (κ2) is 8.70. The van der Waals surface area contributed by atoms with E-state index in [4.69, 9.17) is 5.73 Å². The first-order valence-corrected chi connectivity index (χ1v) is 7.37. The number of carbonyl (C=O) groups excluding carboxylic acids is 1. The fourth-order valence-corrected chi connectivity index (χ4v) is 2.44. The second-order valence-corrected chi connectivity index (χ2v) is 4.87. The van der Waals surface area contributed by atoms with Gasteiger partial charge in [0.2, 0.25) is 0 Å². The van der Waals surface area contributed by atoms with Crippen molar-refractivity contribution in [1.82, 2.24) is 10.2 Å². The summed E-state index contributed by atoms with van der Waals surface area (Å²) >= 11 is 1.41. The van der Waals surface area contributed by atoms with Gasteiger partial charge in [0.15, 0.2) is 0 Å². The van der Waals surface area contributed by atoms with Crippen molar-refractivity contribution in [1.29, 1.82) is 0 Å². The number of rotatable bonds is 6. The molecule has 0 unspecified atom stereocenters. The van der Waals surface area contributed by atoms with Gasteiger partial charge in [-0.3, -0.25) is 4.79 Å². The quantitative estimate of drug-likeness (QED) is 0.768. The van der Waals surface area contributed by atoms with Gasteiger partial charge in [-0.1, -0.05) is 25.7 Å². The highest BCUT2D eigenvalue weighted by Crippen LogP contribution is 2.15. The van der Waals surface area contributed by atoms with Gasteiger partial charge in [0.25, 0.3) is 5.91 Å².